The minimum Gasteiger partial charge on any atom is -0.393 e. The van der Waals surface area contributed by atoms with Gasteiger partial charge in [0.1, 0.15) is 4.99 Å². The largest absolute Gasteiger partial charge is 0.393 e. The molecule has 0 unspecified atom stereocenters. The Morgan fingerprint density at radius 1 is 1.47 bits per heavy atom. The van der Waals surface area contributed by atoms with Crippen LogP contribution in [0.2, 0.25) is 0 Å². The van der Waals surface area contributed by atoms with E-state index >= 15 is 0 Å². The molecule has 0 atom stereocenters. The molecule has 1 aromatic carbocycles. The van der Waals surface area contributed by atoms with Gasteiger partial charge in [0.15, 0.2) is 0 Å². The van der Waals surface area contributed by atoms with Gasteiger partial charge >= 0.3 is 0 Å². The molecule has 0 amide bonds. The van der Waals surface area contributed by atoms with E-state index in [0.717, 1.165) is 30.6 Å². The highest BCUT2D eigenvalue weighted by molar-refractivity contribution is 7.80. The summed E-state index contributed by atoms with van der Waals surface area (Å²) in [4.78, 5) is 2.60. The number of nitrogens with two attached hydrogens (primary N) is 1. The average Bonchev–Trinajstić information content (AvgIpc) is 2.27. The Hall–Kier alpha value is -1.13. The van der Waals surface area contributed by atoms with Crippen molar-refractivity contribution in [3.05, 3.63) is 29.8 Å². The first-order valence-electron chi connectivity index (χ1n) is 5.86. The maximum atomic E-state index is 9.29. The third kappa shape index (κ3) is 2.76. The highest BCUT2D eigenvalue weighted by Gasteiger charge is 2.28. The molecule has 0 saturated heterocycles. The first kappa shape index (κ1) is 12.3. The van der Waals surface area contributed by atoms with Gasteiger partial charge < -0.3 is 15.7 Å². The molecule has 0 radical (unpaired) electrons. The van der Waals surface area contributed by atoms with E-state index in [1.165, 1.54) is 0 Å². The van der Waals surface area contributed by atoms with Crippen LogP contribution in [0.25, 0.3) is 0 Å². The molecule has 3 nitrogen and oxygen atoms in total. The predicted molar refractivity (Wildman–Crippen MR) is 74.3 cm³/mol. The van der Waals surface area contributed by atoms with Crippen molar-refractivity contribution in [3.63, 3.8) is 0 Å². The van der Waals surface area contributed by atoms with Crippen molar-refractivity contribution < 1.29 is 5.11 Å². The molecular weight excluding hydrogens is 232 g/mol. The zero-order valence-corrected chi connectivity index (χ0v) is 10.8. The molecule has 1 aliphatic rings. The molecule has 3 N–H and O–H groups in total. The number of aliphatic hydroxyl groups is 1. The van der Waals surface area contributed by atoms with Crippen molar-refractivity contribution in [3.8, 4) is 0 Å². The number of hydrogen-bond donors (Lipinski definition) is 2. The minimum atomic E-state index is -0.0979. The van der Waals surface area contributed by atoms with Gasteiger partial charge in [-0.25, -0.2) is 0 Å². The number of aliphatic hydroxyl groups excluding tert-OH is 1. The average molecular weight is 250 g/mol. The molecule has 1 aromatic rings. The molecule has 4 heteroatoms. The first-order valence-corrected chi connectivity index (χ1v) is 6.26. The summed E-state index contributed by atoms with van der Waals surface area (Å²) in [7, 11) is 2.04. The molecular formula is C13H18N2OS. The second-order valence-corrected chi connectivity index (χ2v) is 5.19. The molecule has 0 bridgehead atoms. The topological polar surface area (TPSA) is 49.5 Å². The molecule has 92 valence electrons. The molecule has 1 aliphatic carbocycles. The van der Waals surface area contributed by atoms with Crippen LogP contribution in [0.3, 0.4) is 0 Å². The number of rotatable bonds is 4. The number of nitrogens with zero attached hydrogens (tertiary/aromatic N) is 1. The predicted octanol–water partition coefficient (Wildman–Crippen LogP) is 1.53. The summed E-state index contributed by atoms with van der Waals surface area (Å²) in [5, 5.41) is 9.29. The van der Waals surface area contributed by atoms with Crippen molar-refractivity contribution in [2.75, 3.05) is 18.5 Å². The van der Waals surface area contributed by atoms with Gasteiger partial charge in [-0.15, -0.1) is 0 Å². The zero-order valence-electron chi connectivity index (χ0n) is 9.97. The van der Waals surface area contributed by atoms with E-state index in [0.29, 0.717) is 10.9 Å². The van der Waals surface area contributed by atoms with Gasteiger partial charge in [-0.2, -0.15) is 0 Å². The van der Waals surface area contributed by atoms with E-state index in [1.807, 2.05) is 31.3 Å². The van der Waals surface area contributed by atoms with Crippen molar-refractivity contribution in [1.82, 2.24) is 0 Å². The summed E-state index contributed by atoms with van der Waals surface area (Å²) in [5.41, 5.74) is 7.71. The fourth-order valence-electron chi connectivity index (χ4n) is 2.35. The smallest absolute Gasteiger partial charge is 0.106 e. The molecule has 1 saturated carbocycles. The lowest BCUT2D eigenvalue weighted by atomic mass is 9.82. The lowest BCUT2D eigenvalue weighted by Gasteiger charge is -2.35. The third-order valence-corrected chi connectivity index (χ3v) is 3.54. The summed E-state index contributed by atoms with van der Waals surface area (Å²) in [6, 6.07) is 7.91. The molecule has 0 heterocycles. The van der Waals surface area contributed by atoms with Crippen LogP contribution in [0.5, 0.6) is 0 Å². The maximum absolute atomic E-state index is 9.29. The van der Waals surface area contributed by atoms with Crippen LogP contribution in [0, 0.1) is 5.92 Å². The molecule has 17 heavy (non-hydrogen) atoms. The summed E-state index contributed by atoms with van der Waals surface area (Å²) >= 11 is 5.05. The van der Waals surface area contributed by atoms with Gasteiger partial charge in [-0.05, 0) is 30.9 Å². The number of benzene rings is 1. The molecule has 2 rings (SSSR count). The SMILES string of the molecule is CN(CC1CC(O)C1)c1ccccc1C(N)=S. The summed E-state index contributed by atoms with van der Waals surface area (Å²) in [6.45, 7) is 0.941. The van der Waals surface area contributed by atoms with E-state index in [4.69, 9.17) is 18.0 Å². The van der Waals surface area contributed by atoms with E-state index in [-0.39, 0.29) is 6.10 Å². The quantitative estimate of drug-likeness (QED) is 0.796. The Morgan fingerprint density at radius 3 is 2.71 bits per heavy atom. The maximum Gasteiger partial charge on any atom is 0.106 e. The Labute approximate surface area is 107 Å². The van der Waals surface area contributed by atoms with E-state index in [2.05, 4.69) is 4.90 Å². The number of para-hydroxylation sites is 1. The zero-order chi connectivity index (χ0) is 12.4. The summed E-state index contributed by atoms with van der Waals surface area (Å²) in [5.74, 6) is 0.578. The van der Waals surface area contributed by atoms with E-state index in [1.54, 1.807) is 0 Å². The molecule has 1 fully saturated rings. The highest BCUT2D eigenvalue weighted by atomic mass is 32.1. The van der Waals surface area contributed by atoms with Crippen LogP contribution in [0.4, 0.5) is 5.69 Å². The van der Waals surface area contributed by atoms with Crippen molar-refractivity contribution in [2.45, 2.75) is 18.9 Å². The van der Waals surface area contributed by atoms with Crippen molar-refractivity contribution in [2.24, 2.45) is 11.7 Å². The van der Waals surface area contributed by atoms with Gasteiger partial charge in [0.05, 0.1) is 6.10 Å². The Morgan fingerprint density at radius 2 is 2.12 bits per heavy atom. The standard InChI is InChI=1S/C13H18N2OS/c1-15(8-9-6-10(16)7-9)12-5-3-2-4-11(12)13(14)17/h2-5,9-10,16H,6-8H2,1H3,(H2,14,17). The van der Waals surface area contributed by atoms with Crippen LogP contribution in [0.15, 0.2) is 24.3 Å². The third-order valence-electron chi connectivity index (χ3n) is 3.32. The van der Waals surface area contributed by atoms with Gasteiger partial charge in [0, 0.05) is 24.8 Å². The lowest BCUT2D eigenvalue weighted by Crippen LogP contribution is -2.37. The van der Waals surface area contributed by atoms with Crippen LogP contribution in [0.1, 0.15) is 18.4 Å². The normalized spacial score (nSPS) is 22.9. The monoisotopic (exact) mass is 250 g/mol. The Kier molecular flexibility index (Phi) is 3.64. The number of thiocarbonyl (C=S) groups is 1. The fourth-order valence-corrected chi connectivity index (χ4v) is 2.52. The van der Waals surface area contributed by atoms with Crippen LogP contribution >= 0.6 is 12.2 Å². The van der Waals surface area contributed by atoms with Gasteiger partial charge in [-0.3, -0.25) is 0 Å². The summed E-state index contributed by atoms with van der Waals surface area (Å²) < 4.78 is 0. The van der Waals surface area contributed by atoms with Gasteiger partial charge in [0.2, 0.25) is 0 Å². The van der Waals surface area contributed by atoms with Gasteiger partial charge in [-0.1, -0.05) is 24.4 Å². The van der Waals surface area contributed by atoms with Gasteiger partial charge in [0.25, 0.3) is 0 Å². The second-order valence-electron chi connectivity index (χ2n) is 4.75. The highest BCUT2D eigenvalue weighted by Crippen LogP contribution is 2.29. The molecule has 0 aromatic heterocycles. The second kappa shape index (κ2) is 5.02. The first-order chi connectivity index (χ1) is 8.08. The van der Waals surface area contributed by atoms with E-state index in [9.17, 15) is 5.11 Å². The summed E-state index contributed by atoms with van der Waals surface area (Å²) in [6.07, 6.45) is 1.71. The van der Waals surface area contributed by atoms with Crippen LogP contribution < -0.4 is 10.6 Å². The number of anilines is 1. The molecule has 0 spiro atoms. The molecule has 0 aliphatic heterocycles. The Balaban J connectivity index is 2.08. The van der Waals surface area contributed by atoms with Crippen molar-refractivity contribution >= 4 is 22.9 Å². The number of hydrogen-bond acceptors (Lipinski definition) is 3. The van der Waals surface area contributed by atoms with Crippen LogP contribution in [-0.4, -0.2) is 29.8 Å². The van der Waals surface area contributed by atoms with Crippen molar-refractivity contribution in [1.29, 1.82) is 0 Å². The Bertz CT molecular complexity index is 416. The lowest BCUT2D eigenvalue weighted by molar-refractivity contribution is 0.0465. The van der Waals surface area contributed by atoms with E-state index < -0.39 is 0 Å². The van der Waals surface area contributed by atoms with Crippen LogP contribution in [-0.2, 0) is 0 Å². The fraction of sp³-hybridized carbons (Fsp3) is 0.462. The minimum absolute atomic E-state index is 0.0979.